The molecule has 0 saturated carbocycles. The van der Waals surface area contributed by atoms with E-state index in [4.69, 9.17) is 0 Å². The third kappa shape index (κ3) is 1.89. The van der Waals surface area contributed by atoms with E-state index < -0.39 is 5.67 Å². The molecule has 3 saturated heterocycles. The summed E-state index contributed by atoms with van der Waals surface area (Å²) in [5, 5.41) is 0. The summed E-state index contributed by atoms with van der Waals surface area (Å²) in [7, 11) is 2.24. The lowest BCUT2D eigenvalue weighted by Gasteiger charge is -2.30. The molecule has 3 nitrogen and oxygen atoms in total. The van der Waals surface area contributed by atoms with E-state index in [1.807, 2.05) is 0 Å². The third-order valence-corrected chi connectivity index (χ3v) is 4.24. The van der Waals surface area contributed by atoms with Crippen molar-refractivity contribution in [3.63, 3.8) is 0 Å². The minimum absolute atomic E-state index is 0.440. The van der Waals surface area contributed by atoms with Crippen LogP contribution in [0.25, 0.3) is 0 Å². The van der Waals surface area contributed by atoms with Gasteiger partial charge in [0.1, 0.15) is 12.9 Å². The summed E-state index contributed by atoms with van der Waals surface area (Å²) in [6.07, 6.45) is 0. The molecule has 1 radical (unpaired) electrons. The SMILES string of the molecule is C[B]C1CN2CCN3CCN1C[C@](F)(C3)C2. The average molecular weight is 224 g/mol. The van der Waals surface area contributed by atoms with Crippen molar-refractivity contribution in [1.29, 1.82) is 0 Å². The average Bonchev–Trinajstić information content (AvgIpc) is 2.55. The number of fused-ring (bicyclic) bond motifs is 3. The predicted octanol–water partition coefficient (Wildman–Crippen LogP) is -0.280. The van der Waals surface area contributed by atoms with Crippen LogP contribution in [-0.2, 0) is 0 Å². The van der Waals surface area contributed by atoms with Gasteiger partial charge in [-0.2, -0.15) is 0 Å². The zero-order valence-corrected chi connectivity index (χ0v) is 10.0. The maximum Gasteiger partial charge on any atom is 0.148 e. The van der Waals surface area contributed by atoms with Crippen molar-refractivity contribution in [2.75, 3.05) is 52.4 Å². The Balaban J connectivity index is 1.93. The number of rotatable bonds is 1. The molecule has 5 heteroatoms. The summed E-state index contributed by atoms with van der Waals surface area (Å²) in [4.78, 5) is 6.96. The highest BCUT2D eigenvalue weighted by Crippen LogP contribution is 2.27. The number of hydrogen-bond donors (Lipinski definition) is 0. The Morgan fingerprint density at radius 2 is 1.75 bits per heavy atom. The second-order valence-electron chi connectivity index (χ2n) is 5.53. The fraction of sp³-hybridized carbons (Fsp3) is 1.00. The maximum atomic E-state index is 14.8. The van der Waals surface area contributed by atoms with Crippen LogP contribution < -0.4 is 0 Å². The molecule has 0 amide bonds. The summed E-state index contributed by atoms with van der Waals surface area (Å²) in [5.74, 6) is 0.440. The summed E-state index contributed by atoms with van der Waals surface area (Å²) in [6, 6.07) is 0. The quantitative estimate of drug-likeness (QED) is 0.567. The van der Waals surface area contributed by atoms with Crippen LogP contribution >= 0.6 is 0 Å². The maximum absolute atomic E-state index is 14.8. The Morgan fingerprint density at radius 1 is 1.06 bits per heavy atom. The van der Waals surface area contributed by atoms with Gasteiger partial charge in [0.15, 0.2) is 0 Å². The monoisotopic (exact) mass is 224 g/mol. The summed E-state index contributed by atoms with van der Waals surface area (Å²) in [6.45, 7) is 9.12. The largest absolute Gasteiger partial charge is 0.303 e. The normalized spacial score (nSPS) is 51.9. The van der Waals surface area contributed by atoms with E-state index in [2.05, 4.69) is 28.8 Å². The molecule has 0 aromatic carbocycles. The first kappa shape index (κ1) is 11.0. The van der Waals surface area contributed by atoms with Gasteiger partial charge in [-0.25, -0.2) is 4.39 Å². The van der Waals surface area contributed by atoms with Crippen molar-refractivity contribution in [1.82, 2.24) is 14.7 Å². The van der Waals surface area contributed by atoms with Crippen LogP contribution in [0, 0.1) is 0 Å². The fourth-order valence-electron chi connectivity index (χ4n) is 3.43. The molecule has 3 aliphatic heterocycles. The van der Waals surface area contributed by atoms with Crippen molar-refractivity contribution < 1.29 is 4.39 Å². The number of alkyl halides is 1. The molecule has 0 aliphatic carbocycles. The second-order valence-corrected chi connectivity index (χ2v) is 5.53. The summed E-state index contributed by atoms with van der Waals surface area (Å²) >= 11 is 0. The van der Waals surface area contributed by atoms with E-state index in [-0.39, 0.29) is 0 Å². The van der Waals surface area contributed by atoms with Gasteiger partial charge in [0.2, 0.25) is 0 Å². The molecule has 3 rings (SSSR count). The van der Waals surface area contributed by atoms with E-state index in [0.29, 0.717) is 25.6 Å². The molecule has 0 N–H and O–H groups in total. The Bertz CT molecular complexity index is 278. The lowest BCUT2D eigenvalue weighted by molar-refractivity contribution is 0.0960. The third-order valence-electron chi connectivity index (χ3n) is 4.24. The van der Waals surface area contributed by atoms with Crippen LogP contribution in [0.2, 0.25) is 6.82 Å². The van der Waals surface area contributed by atoms with Crippen molar-refractivity contribution in [2.24, 2.45) is 0 Å². The minimum Gasteiger partial charge on any atom is -0.303 e. The molecule has 89 valence electrons. The predicted molar refractivity (Wildman–Crippen MR) is 63.7 cm³/mol. The molecule has 0 aromatic rings. The van der Waals surface area contributed by atoms with Crippen LogP contribution in [0.5, 0.6) is 0 Å². The van der Waals surface area contributed by atoms with Gasteiger partial charge < -0.3 is 4.90 Å². The minimum atomic E-state index is -1.01. The van der Waals surface area contributed by atoms with E-state index >= 15 is 0 Å². The molecule has 16 heavy (non-hydrogen) atoms. The highest BCUT2D eigenvalue weighted by Gasteiger charge is 2.44. The van der Waals surface area contributed by atoms with Gasteiger partial charge >= 0.3 is 0 Å². The highest BCUT2D eigenvalue weighted by atomic mass is 19.1. The van der Waals surface area contributed by atoms with Gasteiger partial charge in [0, 0.05) is 52.4 Å². The van der Waals surface area contributed by atoms with Crippen LogP contribution in [0.1, 0.15) is 0 Å². The first-order chi connectivity index (χ1) is 7.68. The number of halogens is 1. The highest BCUT2D eigenvalue weighted by molar-refractivity contribution is 6.35. The van der Waals surface area contributed by atoms with E-state index in [9.17, 15) is 4.39 Å². The first-order valence-electron chi connectivity index (χ1n) is 6.36. The molecule has 0 aromatic heterocycles. The number of hydrogen-bond acceptors (Lipinski definition) is 3. The van der Waals surface area contributed by atoms with Crippen molar-refractivity contribution in [3.05, 3.63) is 0 Å². The van der Waals surface area contributed by atoms with Crippen molar-refractivity contribution >= 4 is 7.28 Å². The van der Waals surface area contributed by atoms with Gasteiger partial charge in [0.05, 0.1) is 0 Å². The number of nitrogens with zero attached hydrogens (tertiary/aromatic N) is 3. The van der Waals surface area contributed by atoms with E-state index in [1.54, 1.807) is 0 Å². The molecule has 0 spiro atoms. The van der Waals surface area contributed by atoms with Gasteiger partial charge in [-0.05, 0) is 5.94 Å². The summed E-state index contributed by atoms with van der Waals surface area (Å²) < 4.78 is 14.8. The zero-order valence-electron chi connectivity index (χ0n) is 10.0. The topological polar surface area (TPSA) is 9.72 Å². The Labute approximate surface area is 97.8 Å². The summed E-state index contributed by atoms with van der Waals surface area (Å²) in [5.41, 5.74) is -1.01. The molecule has 3 fully saturated rings. The fourth-order valence-corrected chi connectivity index (χ4v) is 3.43. The lowest BCUT2D eigenvalue weighted by atomic mass is 9.71. The Hall–Kier alpha value is -0.125. The van der Waals surface area contributed by atoms with Gasteiger partial charge in [-0.3, -0.25) is 9.80 Å². The zero-order chi connectivity index (χ0) is 11.2. The van der Waals surface area contributed by atoms with E-state index in [0.717, 1.165) is 32.7 Å². The molecular formula is C11H20BFN3. The molecule has 3 aliphatic rings. The Morgan fingerprint density at radius 3 is 2.56 bits per heavy atom. The van der Waals surface area contributed by atoms with Crippen LogP contribution in [-0.4, -0.2) is 85.9 Å². The molecular weight excluding hydrogens is 204 g/mol. The van der Waals surface area contributed by atoms with E-state index in [1.165, 1.54) is 0 Å². The van der Waals surface area contributed by atoms with Crippen LogP contribution in [0.4, 0.5) is 4.39 Å². The van der Waals surface area contributed by atoms with Crippen LogP contribution in [0.15, 0.2) is 0 Å². The standard InChI is InChI=1S/C11H20BFN3/c1-12-10-6-15-3-2-14-4-5-16(10)9-11(13,7-14)8-15/h10H,2-9H2,1H3/t10?,11-/m0/s1. The Kier molecular flexibility index (Phi) is 2.72. The molecule has 5 atom stereocenters. The van der Waals surface area contributed by atoms with Crippen molar-refractivity contribution in [3.8, 4) is 0 Å². The smallest absolute Gasteiger partial charge is 0.148 e. The van der Waals surface area contributed by atoms with Gasteiger partial charge in [-0.1, -0.05) is 6.82 Å². The van der Waals surface area contributed by atoms with Gasteiger partial charge in [-0.15, -0.1) is 0 Å². The lowest BCUT2D eigenvalue weighted by Crippen LogP contribution is -2.47. The second kappa shape index (κ2) is 3.96. The van der Waals surface area contributed by atoms with Crippen LogP contribution in [0.3, 0.4) is 0 Å². The van der Waals surface area contributed by atoms with Crippen molar-refractivity contribution in [2.45, 2.75) is 18.4 Å². The molecule has 3 heterocycles. The first-order valence-corrected chi connectivity index (χ1v) is 6.36. The van der Waals surface area contributed by atoms with Gasteiger partial charge in [0.25, 0.3) is 0 Å². The molecule has 4 bridgehead atoms. The molecule has 4 unspecified atom stereocenters.